The van der Waals surface area contributed by atoms with Crippen molar-refractivity contribution in [3.63, 3.8) is 0 Å². The molecule has 2 N–H and O–H groups in total. The summed E-state index contributed by atoms with van der Waals surface area (Å²) >= 11 is 0. The SMILES string of the molecule is Cc1ccc(C)c(CN(C)CC2(CN)COC2)c1. The lowest BCUT2D eigenvalue weighted by atomic mass is 9.85. The smallest absolute Gasteiger partial charge is 0.0569 e. The van der Waals surface area contributed by atoms with Crippen LogP contribution in [-0.4, -0.2) is 38.3 Å². The summed E-state index contributed by atoms with van der Waals surface area (Å²) in [6, 6.07) is 6.64. The lowest BCUT2D eigenvalue weighted by Crippen LogP contribution is -2.54. The van der Waals surface area contributed by atoms with Gasteiger partial charge in [-0.15, -0.1) is 0 Å². The van der Waals surface area contributed by atoms with Gasteiger partial charge in [0.25, 0.3) is 0 Å². The van der Waals surface area contributed by atoms with Crippen molar-refractivity contribution in [3.05, 3.63) is 34.9 Å². The van der Waals surface area contributed by atoms with Gasteiger partial charge in [0.15, 0.2) is 0 Å². The Bertz CT molecular complexity index is 407. The number of ether oxygens (including phenoxy) is 1. The molecule has 1 aliphatic heterocycles. The Morgan fingerprint density at radius 3 is 2.61 bits per heavy atom. The molecule has 2 rings (SSSR count). The van der Waals surface area contributed by atoms with Crippen molar-refractivity contribution < 1.29 is 4.74 Å². The van der Waals surface area contributed by atoms with Crippen molar-refractivity contribution in [2.75, 3.05) is 33.4 Å². The number of benzene rings is 1. The summed E-state index contributed by atoms with van der Waals surface area (Å²) in [5.74, 6) is 0. The number of aryl methyl sites for hydroxylation is 2. The van der Waals surface area contributed by atoms with E-state index in [9.17, 15) is 0 Å². The van der Waals surface area contributed by atoms with Gasteiger partial charge < -0.3 is 15.4 Å². The molecule has 3 nitrogen and oxygen atoms in total. The average molecular weight is 248 g/mol. The summed E-state index contributed by atoms with van der Waals surface area (Å²) in [4.78, 5) is 2.36. The topological polar surface area (TPSA) is 38.5 Å². The van der Waals surface area contributed by atoms with Crippen molar-refractivity contribution in [3.8, 4) is 0 Å². The van der Waals surface area contributed by atoms with Crippen molar-refractivity contribution in [2.24, 2.45) is 11.1 Å². The highest BCUT2D eigenvalue weighted by molar-refractivity contribution is 5.30. The van der Waals surface area contributed by atoms with Gasteiger partial charge in [-0.3, -0.25) is 0 Å². The largest absolute Gasteiger partial charge is 0.380 e. The summed E-state index contributed by atoms with van der Waals surface area (Å²) in [5, 5.41) is 0. The van der Waals surface area contributed by atoms with Crippen LogP contribution in [0, 0.1) is 19.3 Å². The molecule has 100 valence electrons. The van der Waals surface area contributed by atoms with Crippen molar-refractivity contribution in [1.29, 1.82) is 0 Å². The number of nitrogens with two attached hydrogens (primary N) is 1. The highest BCUT2D eigenvalue weighted by Crippen LogP contribution is 2.27. The van der Waals surface area contributed by atoms with Gasteiger partial charge in [-0.05, 0) is 32.0 Å². The number of hydrogen-bond acceptors (Lipinski definition) is 3. The molecule has 1 heterocycles. The van der Waals surface area contributed by atoms with Crippen LogP contribution in [0.15, 0.2) is 18.2 Å². The molecule has 0 unspecified atom stereocenters. The zero-order chi connectivity index (χ0) is 13.2. The van der Waals surface area contributed by atoms with Gasteiger partial charge >= 0.3 is 0 Å². The van der Waals surface area contributed by atoms with E-state index < -0.39 is 0 Å². The van der Waals surface area contributed by atoms with Gasteiger partial charge in [0.2, 0.25) is 0 Å². The van der Waals surface area contributed by atoms with Crippen LogP contribution in [-0.2, 0) is 11.3 Å². The molecule has 1 aliphatic rings. The molecule has 0 radical (unpaired) electrons. The number of nitrogens with zero attached hydrogens (tertiary/aromatic N) is 1. The molecule has 1 aromatic rings. The highest BCUT2D eigenvalue weighted by atomic mass is 16.5. The van der Waals surface area contributed by atoms with Crippen molar-refractivity contribution >= 4 is 0 Å². The van der Waals surface area contributed by atoms with Gasteiger partial charge in [-0.25, -0.2) is 0 Å². The van der Waals surface area contributed by atoms with Gasteiger partial charge in [0.05, 0.1) is 13.2 Å². The summed E-state index contributed by atoms with van der Waals surface area (Å²) in [7, 11) is 2.16. The van der Waals surface area contributed by atoms with Crippen LogP contribution in [0.4, 0.5) is 0 Å². The molecule has 1 aromatic carbocycles. The third-order valence-corrected chi connectivity index (χ3v) is 3.80. The minimum atomic E-state index is 0.187. The Labute approximate surface area is 110 Å². The fourth-order valence-electron chi connectivity index (χ4n) is 2.55. The van der Waals surface area contributed by atoms with Gasteiger partial charge in [-0.1, -0.05) is 23.8 Å². The van der Waals surface area contributed by atoms with Crippen LogP contribution in [0.5, 0.6) is 0 Å². The van der Waals surface area contributed by atoms with E-state index in [4.69, 9.17) is 10.5 Å². The molecule has 1 saturated heterocycles. The lowest BCUT2D eigenvalue weighted by Gasteiger charge is -2.43. The third-order valence-electron chi connectivity index (χ3n) is 3.80. The van der Waals surface area contributed by atoms with E-state index >= 15 is 0 Å². The molecule has 0 aromatic heterocycles. The average Bonchev–Trinajstić information content (AvgIpc) is 2.28. The molecular formula is C15H24N2O. The fourth-order valence-corrected chi connectivity index (χ4v) is 2.55. The molecular weight excluding hydrogens is 224 g/mol. The molecule has 0 saturated carbocycles. The Morgan fingerprint density at radius 2 is 2.06 bits per heavy atom. The van der Waals surface area contributed by atoms with Crippen LogP contribution in [0.1, 0.15) is 16.7 Å². The maximum absolute atomic E-state index is 5.86. The molecule has 1 fully saturated rings. The van der Waals surface area contributed by atoms with Gasteiger partial charge in [-0.2, -0.15) is 0 Å². The normalized spacial score (nSPS) is 17.8. The Kier molecular flexibility index (Phi) is 4.05. The second-order valence-electron chi connectivity index (χ2n) is 5.80. The highest BCUT2D eigenvalue weighted by Gasteiger charge is 2.38. The van der Waals surface area contributed by atoms with Crippen LogP contribution < -0.4 is 5.73 Å². The van der Waals surface area contributed by atoms with Crippen LogP contribution in [0.3, 0.4) is 0 Å². The monoisotopic (exact) mass is 248 g/mol. The van der Waals surface area contributed by atoms with E-state index in [0.717, 1.165) is 26.3 Å². The van der Waals surface area contributed by atoms with Crippen LogP contribution >= 0.6 is 0 Å². The first-order valence-corrected chi connectivity index (χ1v) is 6.57. The second-order valence-corrected chi connectivity index (χ2v) is 5.80. The van der Waals surface area contributed by atoms with E-state index in [1.807, 2.05) is 0 Å². The molecule has 18 heavy (non-hydrogen) atoms. The standard InChI is InChI=1S/C15H24N2O/c1-12-4-5-13(2)14(6-12)7-17(3)9-15(8-16)10-18-11-15/h4-6H,7-11,16H2,1-3H3. The number of hydrogen-bond donors (Lipinski definition) is 1. The lowest BCUT2D eigenvalue weighted by molar-refractivity contribution is -0.118. The minimum Gasteiger partial charge on any atom is -0.380 e. The Morgan fingerprint density at radius 1 is 1.33 bits per heavy atom. The van der Waals surface area contributed by atoms with E-state index in [0.29, 0.717) is 6.54 Å². The maximum atomic E-state index is 5.86. The second kappa shape index (κ2) is 5.39. The van der Waals surface area contributed by atoms with E-state index in [1.54, 1.807) is 0 Å². The molecule has 0 bridgehead atoms. The van der Waals surface area contributed by atoms with Crippen molar-refractivity contribution in [1.82, 2.24) is 4.90 Å². The van der Waals surface area contributed by atoms with E-state index in [2.05, 4.69) is 44.0 Å². The van der Waals surface area contributed by atoms with Gasteiger partial charge in [0, 0.05) is 25.0 Å². The summed E-state index contributed by atoms with van der Waals surface area (Å²) in [6.45, 7) is 8.63. The Balaban J connectivity index is 1.98. The summed E-state index contributed by atoms with van der Waals surface area (Å²) in [6.07, 6.45) is 0. The van der Waals surface area contributed by atoms with Crippen molar-refractivity contribution in [2.45, 2.75) is 20.4 Å². The predicted molar refractivity (Wildman–Crippen MR) is 74.6 cm³/mol. The molecule has 0 atom stereocenters. The first kappa shape index (κ1) is 13.5. The predicted octanol–water partition coefficient (Wildman–Crippen LogP) is 1.71. The zero-order valence-corrected chi connectivity index (χ0v) is 11.7. The first-order chi connectivity index (χ1) is 8.54. The summed E-state index contributed by atoms with van der Waals surface area (Å²) in [5.41, 5.74) is 10.1. The van der Waals surface area contributed by atoms with Gasteiger partial charge in [0.1, 0.15) is 0 Å². The molecule has 3 heteroatoms. The summed E-state index contributed by atoms with van der Waals surface area (Å²) < 4.78 is 5.32. The minimum absolute atomic E-state index is 0.187. The Hall–Kier alpha value is -0.900. The van der Waals surface area contributed by atoms with Crippen LogP contribution in [0.25, 0.3) is 0 Å². The zero-order valence-electron chi connectivity index (χ0n) is 11.7. The van der Waals surface area contributed by atoms with E-state index in [-0.39, 0.29) is 5.41 Å². The molecule has 0 aliphatic carbocycles. The third kappa shape index (κ3) is 2.91. The number of rotatable bonds is 5. The van der Waals surface area contributed by atoms with Crippen LogP contribution in [0.2, 0.25) is 0 Å². The molecule has 0 spiro atoms. The van der Waals surface area contributed by atoms with E-state index in [1.165, 1.54) is 16.7 Å². The first-order valence-electron chi connectivity index (χ1n) is 6.57. The molecule has 0 amide bonds. The quantitative estimate of drug-likeness (QED) is 0.862. The fraction of sp³-hybridized carbons (Fsp3) is 0.600. The maximum Gasteiger partial charge on any atom is 0.0569 e.